The van der Waals surface area contributed by atoms with Gasteiger partial charge in [0.2, 0.25) is 0 Å². The molecule has 1 aliphatic heterocycles. The van der Waals surface area contributed by atoms with Crippen molar-refractivity contribution in [1.29, 1.82) is 5.41 Å². The van der Waals surface area contributed by atoms with E-state index in [1.165, 1.54) is 9.14 Å². The van der Waals surface area contributed by atoms with Gasteiger partial charge in [0.15, 0.2) is 9.48 Å². The number of nitrogens with one attached hydrogen (secondary N) is 2. The number of hydrogen-bond donors (Lipinski definition) is 3. The van der Waals surface area contributed by atoms with Crippen LogP contribution in [0.1, 0.15) is 132 Å². The van der Waals surface area contributed by atoms with E-state index in [1.54, 1.807) is 20.1 Å². The van der Waals surface area contributed by atoms with E-state index in [1.807, 2.05) is 0 Å². The summed E-state index contributed by atoms with van der Waals surface area (Å²) in [7, 11) is 0. The van der Waals surface area contributed by atoms with Crippen molar-refractivity contribution in [3.63, 3.8) is 0 Å². The zero-order valence-electron chi connectivity index (χ0n) is 35.4. The van der Waals surface area contributed by atoms with Crippen LogP contribution < -0.4 is 5.32 Å². The molecule has 3 N–H and O–H groups in total. The normalized spacial score (nSPS) is 39.1. The lowest BCUT2D eigenvalue weighted by atomic mass is 9.30. The minimum atomic E-state index is -1.22. The zero-order chi connectivity index (χ0) is 41.6. The van der Waals surface area contributed by atoms with Gasteiger partial charge < -0.3 is 25.3 Å². The highest BCUT2D eigenvalue weighted by molar-refractivity contribution is 14.2. The number of carboxylic acid groups (broad SMARTS) is 1. The summed E-state index contributed by atoms with van der Waals surface area (Å²) in [5, 5.41) is 22.4. The fourth-order valence-electron chi connectivity index (χ4n) is 13.4. The fraction of sp³-hybridized carbons (Fsp3) is 0.696. The van der Waals surface area contributed by atoms with Crippen molar-refractivity contribution in [3.05, 3.63) is 44.5 Å². The van der Waals surface area contributed by atoms with Gasteiger partial charge >= 0.3 is 11.9 Å². The second kappa shape index (κ2) is 14.8. The van der Waals surface area contributed by atoms with E-state index in [-0.39, 0.29) is 66.4 Å². The predicted molar refractivity (Wildman–Crippen MR) is 242 cm³/mol. The number of halogens is 2. The van der Waals surface area contributed by atoms with E-state index < -0.39 is 34.4 Å². The van der Waals surface area contributed by atoms with Crippen LogP contribution in [0.2, 0.25) is 0 Å². The number of ketones is 1. The third-order valence-electron chi connectivity index (χ3n) is 16.7. The molecule has 1 unspecified atom stereocenters. The van der Waals surface area contributed by atoms with E-state index in [4.69, 9.17) is 19.9 Å². The monoisotopic (exact) mass is 1010 g/mol. The number of aliphatic carboxylic acids is 1. The number of amidine groups is 1. The predicted octanol–water partition coefficient (Wildman–Crippen LogP) is 9.88. The summed E-state index contributed by atoms with van der Waals surface area (Å²) < 4.78 is 16.1. The molecule has 1 aromatic carbocycles. The van der Waals surface area contributed by atoms with Crippen molar-refractivity contribution in [2.75, 3.05) is 11.0 Å². The summed E-state index contributed by atoms with van der Waals surface area (Å²) in [5.41, 5.74) is 0.517. The third kappa shape index (κ3) is 6.62. The summed E-state index contributed by atoms with van der Waals surface area (Å²) in [4.78, 5) is 44.4. The molecule has 0 amide bonds. The number of fused-ring (bicyclic) bond motifs is 7. The number of esters is 1. The number of carboxylic acids is 1. The van der Waals surface area contributed by atoms with Gasteiger partial charge in [0.1, 0.15) is 6.10 Å². The smallest absolute Gasteiger partial charge is 0.309 e. The number of Topliss-reactive ketones (excluding diaryl/α,β-unsaturated/α-hetero) is 1. The van der Waals surface area contributed by atoms with Crippen LogP contribution in [0.15, 0.2) is 40.4 Å². The van der Waals surface area contributed by atoms with Crippen LogP contribution in [0.5, 0.6) is 0 Å². The van der Waals surface area contributed by atoms with Gasteiger partial charge in [-0.2, -0.15) is 0 Å². The zero-order valence-corrected chi connectivity index (χ0v) is 39.7. The average molecular weight is 1010 g/mol. The lowest BCUT2D eigenvalue weighted by molar-refractivity contribution is -0.240. The molecule has 7 rings (SSSR count). The summed E-state index contributed by atoms with van der Waals surface area (Å²) in [6, 6.07) is 9.11. The Kier molecular flexibility index (Phi) is 11.1. The molecule has 57 heavy (non-hydrogen) atoms. The summed E-state index contributed by atoms with van der Waals surface area (Å²) >= 11 is 1.99. The fourth-order valence-corrected chi connectivity index (χ4v) is 15.9. The molecule has 312 valence electrons. The Balaban J connectivity index is 1.21. The Morgan fingerprint density at radius 2 is 1.74 bits per heavy atom. The van der Waals surface area contributed by atoms with E-state index >= 15 is 0 Å². The molecule has 6 aliphatic rings. The maximum absolute atomic E-state index is 14.4. The first-order valence-electron chi connectivity index (χ1n) is 21.1. The maximum Gasteiger partial charge on any atom is 0.309 e. The number of carbonyl (C=O) groups is 3. The molecule has 0 aromatic heterocycles. The molecule has 9 nitrogen and oxygen atoms in total. The minimum absolute atomic E-state index is 0.0390. The van der Waals surface area contributed by atoms with Crippen molar-refractivity contribution < 1.29 is 29.0 Å². The number of benzene rings is 1. The van der Waals surface area contributed by atoms with Gasteiger partial charge in [-0.3, -0.25) is 14.4 Å². The number of ether oxygens (including phenoxy) is 2. The molecule has 4 fully saturated rings. The Hall–Kier alpha value is -2.16. The summed E-state index contributed by atoms with van der Waals surface area (Å²) in [6.45, 7) is 20.3. The van der Waals surface area contributed by atoms with E-state index in [0.717, 1.165) is 64.2 Å². The molecule has 5 aliphatic carbocycles. The number of hydrogen-bond acceptors (Lipinski definition) is 8. The Morgan fingerprint density at radius 1 is 1.05 bits per heavy atom. The van der Waals surface area contributed by atoms with Crippen molar-refractivity contribution in [2.45, 2.75) is 138 Å². The van der Waals surface area contributed by atoms with E-state index in [2.05, 4.69) is 101 Å². The van der Waals surface area contributed by atoms with Crippen LogP contribution in [0.4, 0.5) is 0 Å². The van der Waals surface area contributed by atoms with Gasteiger partial charge in [-0.05, 0) is 163 Å². The molecular formula is C46H63I2N3O6. The highest BCUT2D eigenvalue weighted by Gasteiger charge is 2.74. The summed E-state index contributed by atoms with van der Waals surface area (Å²) in [5.74, 6) is -0.654. The first kappa shape index (κ1) is 42.9. The number of nitrogens with zero attached hydrogens (tertiary/aromatic N) is 1. The van der Waals surface area contributed by atoms with Gasteiger partial charge in [0.05, 0.1) is 23.9 Å². The topological polar surface area (TPSA) is 138 Å². The largest absolute Gasteiger partial charge is 0.481 e. The van der Waals surface area contributed by atoms with E-state index in [9.17, 15) is 19.5 Å². The van der Waals surface area contributed by atoms with E-state index in [0.29, 0.717) is 31.3 Å². The van der Waals surface area contributed by atoms with Crippen LogP contribution in [0.25, 0.3) is 0 Å². The standard InChI is InChI=1S/C46H63I2N3O6/c1-27(2)35-30(52)24-46(51-39-50-23-22-48-37(57-39)28-10-12-29(47)13-11-28)21-20-45(9)43(7)18-14-31-41(5,32(43)15-19-44(45,8)36(35)46)17-16-33(42(31,6)26-49)56-34(53)25-40(3,4)38(54)55/h10-13,26-27,31-33,49H,14-25H2,1-9H3,(H,50,51)(H,54,55)/t31?,32-,33+,41+,42+,43-,44-,45+,46-/m1/s1. The minimum Gasteiger partial charge on any atom is -0.481 e. The molecule has 1 heterocycles. The van der Waals surface area contributed by atoms with Crippen molar-refractivity contribution in [2.24, 2.45) is 55.2 Å². The Labute approximate surface area is 363 Å². The van der Waals surface area contributed by atoms with Gasteiger partial charge in [-0.15, -0.1) is 0 Å². The van der Waals surface area contributed by atoms with Gasteiger partial charge in [0.25, 0.3) is 6.02 Å². The molecule has 1 aromatic rings. The van der Waals surface area contributed by atoms with Crippen molar-refractivity contribution in [1.82, 2.24) is 5.32 Å². The van der Waals surface area contributed by atoms with Crippen molar-refractivity contribution >= 4 is 77.0 Å². The quantitative estimate of drug-likeness (QED) is 0.102. The molecule has 9 atom stereocenters. The van der Waals surface area contributed by atoms with Gasteiger partial charge in [-0.1, -0.05) is 69.2 Å². The molecule has 4 saturated carbocycles. The number of aliphatic imine (C=N–C) groups is 1. The molecular weight excluding hydrogens is 944 g/mol. The third-order valence-corrected chi connectivity index (χ3v) is 20.0. The number of allylic oxidation sites excluding steroid dienone is 1. The first-order valence-corrected chi connectivity index (χ1v) is 24.7. The van der Waals surface area contributed by atoms with Crippen molar-refractivity contribution in [3.8, 4) is 0 Å². The van der Waals surface area contributed by atoms with Crippen LogP contribution in [-0.4, -0.2) is 61.4 Å². The second-order valence-electron chi connectivity index (χ2n) is 20.3. The molecule has 0 spiro atoms. The lowest BCUT2D eigenvalue weighted by Crippen LogP contribution is -2.70. The van der Waals surface area contributed by atoms with Crippen LogP contribution in [-0.2, 0) is 23.9 Å². The first-order chi connectivity index (χ1) is 26.6. The maximum atomic E-state index is 14.4. The number of alkyl halides is 1. The Morgan fingerprint density at radius 3 is 2.39 bits per heavy atom. The van der Waals surface area contributed by atoms with Crippen LogP contribution in [0.3, 0.4) is 0 Å². The van der Waals surface area contributed by atoms with Crippen LogP contribution >= 0.6 is 43.3 Å². The summed E-state index contributed by atoms with van der Waals surface area (Å²) in [6.07, 6.45) is 8.54. The molecule has 0 radical (unpaired) electrons. The Bertz CT molecular complexity index is 1960. The molecule has 11 heteroatoms. The molecule has 0 bridgehead atoms. The van der Waals surface area contributed by atoms with Gasteiger partial charge in [-0.25, -0.2) is 4.99 Å². The van der Waals surface area contributed by atoms with Gasteiger partial charge in [0, 0.05) is 31.6 Å². The van der Waals surface area contributed by atoms with Crippen LogP contribution in [0, 0.1) is 59.2 Å². The second-order valence-corrected chi connectivity index (χ2v) is 24.4. The number of carbonyl (C=O) groups excluding carboxylic acids is 2. The lowest BCUT2D eigenvalue weighted by Gasteiger charge is -2.74. The number of rotatable bonds is 8. The highest BCUT2D eigenvalue weighted by Crippen LogP contribution is 2.79. The highest BCUT2D eigenvalue weighted by atomic mass is 127. The molecule has 0 saturated heterocycles. The average Bonchev–Trinajstić information content (AvgIpc) is 3.26. The SMILES string of the molecule is CC(C)C1=C2[C@@](NC3=NCCI=C(c4ccc(I)cc4)O3)(CC[C@]3(C)[C@]2(C)CC[C@@H]2[C@@]4(C)CC[C@H](OC(=O)CC(C)(C)C(=O)O)[C@@](C)(C=N)C4CC[C@]23C)CC1=O.